The Kier molecular flexibility index (Phi) is 8.50. The zero-order chi connectivity index (χ0) is 24.2. The first-order chi connectivity index (χ1) is 13.8. The van der Waals surface area contributed by atoms with Gasteiger partial charge in [-0.3, -0.25) is 0 Å². The summed E-state index contributed by atoms with van der Waals surface area (Å²) < 4.78 is 0. The molecule has 0 aliphatic rings. The maximum atomic E-state index is 11.0. The number of phenols is 2. The third-order valence-corrected chi connectivity index (χ3v) is 6.05. The van der Waals surface area contributed by atoms with E-state index < -0.39 is 0 Å². The Morgan fingerprint density at radius 1 is 0.500 bits per heavy atom. The van der Waals surface area contributed by atoms with Crippen molar-refractivity contribution >= 4 is 0 Å². The summed E-state index contributed by atoms with van der Waals surface area (Å²) in [4.78, 5) is 0. The van der Waals surface area contributed by atoms with Crippen molar-refractivity contribution < 1.29 is 39.8 Å². The summed E-state index contributed by atoms with van der Waals surface area (Å²) in [5.41, 5.74) is 6.32. The van der Waals surface area contributed by atoms with Gasteiger partial charge in [0.1, 0.15) is 11.5 Å². The van der Waals surface area contributed by atoms with Gasteiger partial charge in [-0.2, -0.15) is 0 Å². The normalized spacial score (nSPS) is 13.1. The minimum atomic E-state index is -0.207. The van der Waals surface area contributed by atoms with E-state index in [1.54, 1.807) is 0 Å². The topological polar surface area (TPSA) is 40.5 Å². The van der Waals surface area contributed by atoms with Crippen LogP contribution in [-0.4, -0.2) is 10.2 Å². The second-order valence-corrected chi connectivity index (χ2v) is 13.1. The van der Waals surface area contributed by atoms with E-state index in [-0.39, 0.29) is 51.2 Å². The van der Waals surface area contributed by atoms with Gasteiger partial charge in [0.15, 0.2) is 0 Å². The Morgan fingerprint density at radius 2 is 0.781 bits per heavy atom. The zero-order valence-electron chi connectivity index (χ0n) is 22.9. The van der Waals surface area contributed by atoms with Gasteiger partial charge in [0.05, 0.1) is 0 Å². The SMILES string of the molecule is CC(C)(C)c1ccc(O)c(C(C)(C)C)c1Cc1c(C(C)(C)C)ccc(O)c1C(C)(C)C.[Na+]. The second-order valence-electron chi connectivity index (χ2n) is 13.1. The predicted molar refractivity (Wildman–Crippen MR) is 134 cm³/mol. The fourth-order valence-electron chi connectivity index (χ4n) is 4.89. The van der Waals surface area contributed by atoms with E-state index in [0.717, 1.165) is 11.1 Å². The van der Waals surface area contributed by atoms with Crippen LogP contribution in [0.25, 0.3) is 0 Å². The molecule has 172 valence electrons. The van der Waals surface area contributed by atoms with Crippen molar-refractivity contribution in [3.63, 3.8) is 0 Å². The van der Waals surface area contributed by atoms with E-state index in [4.69, 9.17) is 0 Å². The minimum Gasteiger partial charge on any atom is -0.508 e. The summed E-state index contributed by atoms with van der Waals surface area (Å²) >= 11 is 0. The van der Waals surface area contributed by atoms with Gasteiger partial charge in [0.25, 0.3) is 0 Å². The molecular weight excluding hydrogens is 403 g/mol. The average Bonchev–Trinajstić information content (AvgIpc) is 2.49. The van der Waals surface area contributed by atoms with Crippen LogP contribution >= 0.6 is 0 Å². The van der Waals surface area contributed by atoms with E-state index in [2.05, 4.69) is 95.2 Å². The van der Waals surface area contributed by atoms with Crippen LogP contribution in [0.2, 0.25) is 0 Å². The molecule has 0 heterocycles. The van der Waals surface area contributed by atoms with Gasteiger partial charge in [0.2, 0.25) is 0 Å². The molecule has 0 bridgehead atoms. The zero-order valence-corrected chi connectivity index (χ0v) is 24.9. The van der Waals surface area contributed by atoms with Crippen LogP contribution in [0.4, 0.5) is 0 Å². The molecule has 2 aromatic carbocycles. The minimum absolute atomic E-state index is 0. The molecule has 0 aromatic heterocycles. The van der Waals surface area contributed by atoms with Crippen LogP contribution in [0, 0.1) is 0 Å². The van der Waals surface area contributed by atoms with Gasteiger partial charge < -0.3 is 10.2 Å². The van der Waals surface area contributed by atoms with Crippen LogP contribution in [-0.2, 0) is 28.1 Å². The molecule has 0 aliphatic heterocycles. The quantitative estimate of drug-likeness (QED) is 0.644. The number of phenolic OH excluding ortho intramolecular Hbond substituents is 2. The van der Waals surface area contributed by atoms with Gasteiger partial charge in [-0.15, -0.1) is 0 Å². The fourth-order valence-corrected chi connectivity index (χ4v) is 4.89. The number of hydrogen-bond donors (Lipinski definition) is 2. The van der Waals surface area contributed by atoms with E-state index in [0.29, 0.717) is 17.9 Å². The monoisotopic (exact) mass is 447 g/mol. The smallest absolute Gasteiger partial charge is 0.508 e. The Balaban J connectivity index is 0.00000512. The van der Waals surface area contributed by atoms with Crippen molar-refractivity contribution in [3.05, 3.63) is 57.6 Å². The van der Waals surface area contributed by atoms with Crippen molar-refractivity contribution in [2.45, 2.75) is 111 Å². The fraction of sp³-hybridized carbons (Fsp3) is 0.586. The van der Waals surface area contributed by atoms with E-state index >= 15 is 0 Å². The van der Waals surface area contributed by atoms with Crippen LogP contribution < -0.4 is 29.6 Å². The average molecular weight is 448 g/mol. The maximum absolute atomic E-state index is 11.0. The molecule has 2 N–H and O–H groups in total. The second kappa shape index (κ2) is 9.35. The van der Waals surface area contributed by atoms with Crippen LogP contribution in [0.15, 0.2) is 24.3 Å². The third kappa shape index (κ3) is 6.13. The molecule has 2 nitrogen and oxygen atoms in total. The molecule has 0 aliphatic carbocycles. The molecule has 0 spiro atoms. The first-order valence-corrected chi connectivity index (χ1v) is 11.5. The molecule has 2 aromatic rings. The Labute approximate surface area is 219 Å². The molecular formula is C29H44NaO2+. The van der Waals surface area contributed by atoms with E-state index in [1.807, 2.05) is 12.1 Å². The third-order valence-electron chi connectivity index (χ3n) is 6.05. The number of benzene rings is 2. The van der Waals surface area contributed by atoms with Gasteiger partial charge >= 0.3 is 29.6 Å². The molecule has 0 unspecified atom stereocenters. The van der Waals surface area contributed by atoms with Crippen molar-refractivity contribution in [2.75, 3.05) is 0 Å². The number of hydrogen-bond acceptors (Lipinski definition) is 2. The van der Waals surface area contributed by atoms with Gasteiger partial charge in [-0.1, -0.05) is 95.2 Å². The molecule has 0 fully saturated rings. The summed E-state index contributed by atoms with van der Waals surface area (Å²) in [6, 6.07) is 7.86. The summed E-state index contributed by atoms with van der Waals surface area (Å²) in [6.45, 7) is 26.4. The van der Waals surface area contributed by atoms with Gasteiger partial charge in [-0.25, -0.2) is 0 Å². The van der Waals surface area contributed by atoms with Crippen molar-refractivity contribution in [1.82, 2.24) is 0 Å². The molecule has 0 saturated heterocycles. The molecule has 0 amide bonds. The summed E-state index contributed by atoms with van der Waals surface area (Å²) in [7, 11) is 0. The van der Waals surface area contributed by atoms with Crippen molar-refractivity contribution in [2.24, 2.45) is 0 Å². The summed E-state index contributed by atoms with van der Waals surface area (Å²) in [6.07, 6.45) is 0.682. The standard InChI is InChI=1S/C29H44O2.Na/c1-26(2,3)20-13-15-22(30)24(28(7,8)9)18(20)17-19-21(27(4,5)6)14-16-23(31)25(19)29(10,11)12;/h13-16,30-31H,17H2,1-12H3;/q;+1. The summed E-state index contributed by atoms with van der Waals surface area (Å²) in [5.74, 6) is 0.704. The molecule has 3 heteroatoms. The van der Waals surface area contributed by atoms with E-state index in [1.165, 1.54) is 22.3 Å². The van der Waals surface area contributed by atoms with Gasteiger partial charge in [-0.05, 0) is 62.5 Å². The van der Waals surface area contributed by atoms with Gasteiger partial charge in [0, 0.05) is 11.1 Å². The van der Waals surface area contributed by atoms with Crippen LogP contribution in [0.5, 0.6) is 11.5 Å². The number of aromatic hydroxyl groups is 2. The van der Waals surface area contributed by atoms with Crippen molar-refractivity contribution in [3.8, 4) is 11.5 Å². The first kappa shape index (κ1) is 29.1. The largest absolute Gasteiger partial charge is 1.00 e. The first-order valence-electron chi connectivity index (χ1n) is 11.5. The van der Waals surface area contributed by atoms with Crippen LogP contribution in [0.3, 0.4) is 0 Å². The molecule has 0 saturated carbocycles. The molecule has 0 radical (unpaired) electrons. The number of rotatable bonds is 2. The maximum Gasteiger partial charge on any atom is 1.00 e. The summed E-state index contributed by atoms with van der Waals surface area (Å²) in [5, 5.41) is 21.9. The Bertz CT molecular complexity index is 880. The molecule has 32 heavy (non-hydrogen) atoms. The van der Waals surface area contributed by atoms with E-state index in [9.17, 15) is 10.2 Å². The molecule has 0 atom stereocenters. The predicted octanol–water partition coefficient (Wildman–Crippen LogP) is 4.88. The Hall–Kier alpha value is -0.960. The van der Waals surface area contributed by atoms with Crippen molar-refractivity contribution in [1.29, 1.82) is 0 Å². The van der Waals surface area contributed by atoms with Crippen LogP contribution in [0.1, 0.15) is 116 Å². The Morgan fingerprint density at radius 3 is 1.00 bits per heavy atom. The molecule has 2 rings (SSSR count).